The van der Waals surface area contributed by atoms with Gasteiger partial charge in [0.25, 0.3) is 5.91 Å². The zero-order valence-electron chi connectivity index (χ0n) is 14.6. The molecule has 0 radical (unpaired) electrons. The Bertz CT molecular complexity index is 873. The van der Waals surface area contributed by atoms with E-state index in [1.54, 1.807) is 36.4 Å². The average Bonchev–Trinajstić information content (AvgIpc) is 2.69. The van der Waals surface area contributed by atoms with Crippen LogP contribution in [0.1, 0.15) is 17.3 Å². The van der Waals surface area contributed by atoms with Gasteiger partial charge in [0.2, 0.25) is 10.0 Å². The number of carbonyl (C=O) groups is 1. The standard InChI is InChI=1S/C19H22N2O4S/c1-2-20-19(22)17-5-3-4-16(14-17)15-6-8-18(9-7-15)26(23,24)21-10-12-25-13-11-21/h3-9,14H,2,10-13H2,1H3,(H,20,22). The fraction of sp³-hybridized carbons (Fsp3) is 0.316. The fourth-order valence-corrected chi connectivity index (χ4v) is 4.27. The van der Waals surface area contributed by atoms with E-state index < -0.39 is 10.0 Å². The van der Waals surface area contributed by atoms with Crippen LogP contribution in [-0.2, 0) is 14.8 Å². The Hall–Kier alpha value is -2.22. The van der Waals surface area contributed by atoms with E-state index in [2.05, 4.69) is 5.32 Å². The Morgan fingerprint density at radius 2 is 1.77 bits per heavy atom. The molecule has 1 amide bonds. The van der Waals surface area contributed by atoms with Crippen LogP contribution in [0.4, 0.5) is 0 Å². The third-order valence-corrected chi connectivity index (χ3v) is 6.17. The molecule has 26 heavy (non-hydrogen) atoms. The smallest absolute Gasteiger partial charge is 0.251 e. The average molecular weight is 374 g/mol. The van der Waals surface area contributed by atoms with Crippen LogP contribution in [0.5, 0.6) is 0 Å². The van der Waals surface area contributed by atoms with E-state index in [9.17, 15) is 13.2 Å². The van der Waals surface area contributed by atoms with Crippen LogP contribution in [0.25, 0.3) is 11.1 Å². The molecule has 1 heterocycles. The monoisotopic (exact) mass is 374 g/mol. The highest BCUT2D eigenvalue weighted by atomic mass is 32.2. The van der Waals surface area contributed by atoms with Crippen molar-refractivity contribution in [2.24, 2.45) is 0 Å². The van der Waals surface area contributed by atoms with E-state index >= 15 is 0 Å². The SMILES string of the molecule is CCNC(=O)c1cccc(-c2ccc(S(=O)(=O)N3CCOCC3)cc2)c1. The van der Waals surface area contributed by atoms with Crippen molar-refractivity contribution in [2.45, 2.75) is 11.8 Å². The van der Waals surface area contributed by atoms with Gasteiger partial charge in [-0.25, -0.2) is 8.42 Å². The molecule has 1 fully saturated rings. The summed E-state index contributed by atoms with van der Waals surface area (Å²) in [4.78, 5) is 12.2. The first-order valence-electron chi connectivity index (χ1n) is 8.59. The van der Waals surface area contributed by atoms with E-state index in [0.717, 1.165) is 11.1 Å². The van der Waals surface area contributed by atoms with Gasteiger partial charge in [-0.15, -0.1) is 0 Å². The van der Waals surface area contributed by atoms with Crippen molar-refractivity contribution in [1.82, 2.24) is 9.62 Å². The van der Waals surface area contributed by atoms with Crippen LogP contribution < -0.4 is 5.32 Å². The minimum atomic E-state index is -3.50. The van der Waals surface area contributed by atoms with Crippen molar-refractivity contribution in [3.63, 3.8) is 0 Å². The second-order valence-electron chi connectivity index (χ2n) is 5.98. The molecule has 1 saturated heterocycles. The number of hydrogen-bond donors (Lipinski definition) is 1. The number of amides is 1. The number of rotatable bonds is 5. The molecule has 3 rings (SSSR count). The van der Waals surface area contributed by atoms with E-state index in [1.165, 1.54) is 4.31 Å². The molecule has 1 aliphatic rings. The number of sulfonamides is 1. The quantitative estimate of drug-likeness (QED) is 0.870. The number of ether oxygens (including phenoxy) is 1. The van der Waals surface area contributed by atoms with Gasteiger partial charge in [-0.2, -0.15) is 4.31 Å². The van der Waals surface area contributed by atoms with Crippen molar-refractivity contribution in [1.29, 1.82) is 0 Å². The summed E-state index contributed by atoms with van der Waals surface area (Å²) < 4.78 is 32.0. The highest BCUT2D eigenvalue weighted by molar-refractivity contribution is 7.89. The maximum Gasteiger partial charge on any atom is 0.251 e. The Morgan fingerprint density at radius 3 is 2.42 bits per heavy atom. The summed E-state index contributed by atoms with van der Waals surface area (Å²) in [5.41, 5.74) is 2.30. The first-order chi connectivity index (χ1) is 12.5. The van der Waals surface area contributed by atoms with Crippen LogP contribution in [0.15, 0.2) is 53.4 Å². The molecular formula is C19H22N2O4S. The van der Waals surface area contributed by atoms with Gasteiger partial charge < -0.3 is 10.1 Å². The van der Waals surface area contributed by atoms with E-state index in [0.29, 0.717) is 38.4 Å². The van der Waals surface area contributed by atoms with E-state index in [-0.39, 0.29) is 10.8 Å². The molecule has 138 valence electrons. The molecule has 2 aromatic rings. The molecule has 6 nitrogen and oxygen atoms in total. The lowest BCUT2D eigenvalue weighted by molar-refractivity contribution is 0.0730. The molecule has 0 aromatic heterocycles. The molecule has 0 aliphatic carbocycles. The van der Waals surface area contributed by atoms with E-state index in [4.69, 9.17) is 4.74 Å². The van der Waals surface area contributed by atoms with Gasteiger partial charge in [-0.05, 0) is 42.3 Å². The maximum atomic E-state index is 12.7. The highest BCUT2D eigenvalue weighted by Gasteiger charge is 2.26. The first kappa shape index (κ1) is 18.6. The molecule has 0 atom stereocenters. The summed E-state index contributed by atoms with van der Waals surface area (Å²) in [6.07, 6.45) is 0. The fourth-order valence-electron chi connectivity index (χ4n) is 2.86. The Balaban J connectivity index is 1.84. The molecule has 1 N–H and O–H groups in total. The Kier molecular flexibility index (Phi) is 5.70. The topological polar surface area (TPSA) is 75.7 Å². The predicted octanol–water partition coefficient (Wildman–Crippen LogP) is 2.12. The third-order valence-electron chi connectivity index (χ3n) is 4.26. The van der Waals surface area contributed by atoms with Gasteiger partial charge >= 0.3 is 0 Å². The lowest BCUT2D eigenvalue weighted by atomic mass is 10.0. The van der Waals surface area contributed by atoms with Gasteiger partial charge in [-0.1, -0.05) is 24.3 Å². The summed E-state index contributed by atoms with van der Waals surface area (Å²) in [5.74, 6) is -0.124. The van der Waals surface area contributed by atoms with Gasteiger partial charge in [0, 0.05) is 25.2 Å². The van der Waals surface area contributed by atoms with Gasteiger partial charge in [-0.3, -0.25) is 4.79 Å². The van der Waals surface area contributed by atoms with Gasteiger partial charge in [0.1, 0.15) is 0 Å². The molecule has 0 unspecified atom stereocenters. The van der Waals surface area contributed by atoms with Crippen molar-refractivity contribution < 1.29 is 17.9 Å². The molecule has 0 spiro atoms. The first-order valence-corrected chi connectivity index (χ1v) is 10.0. The van der Waals surface area contributed by atoms with Gasteiger partial charge in [0.05, 0.1) is 18.1 Å². The third kappa shape index (κ3) is 3.95. The number of hydrogen-bond acceptors (Lipinski definition) is 4. The normalized spacial score (nSPS) is 15.6. The molecular weight excluding hydrogens is 352 g/mol. The van der Waals surface area contributed by atoms with Crippen molar-refractivity contribution in [2.75, 3.05) is 32.8 Å². The zero-order valence-corrected chi connectivity index (χ0v) is 15.5. The lowest BCUT2D eigenvalue weighted by Crippen LogP contribution is -2.40. The van der Waals surface area contributed by atoms with Crippen LogP contribution in [-0.4, -0.2) is 51.5 Å². The van der Waals surface area contributed by atoms with Crippen molar-refractivity contribution >= 4 is 15.9 Å². The summed E-state index contributed by atoms with van der Waals surface area (Å²) in [6, 6.07) is 14.0. The molecule has 2 aromatic carbocycles. The minimum Gasteiger partial charge on any atom is -0.379 e. The van der Waals surface area contributed by atoms with Crippen molar-refractivity contribution in [3.05, 3.63) is 54.1 Å². The predicted molar refractivity (Wildman–Crippen MR) is 99.5 cm³/mol. The second kappa shape index (κ2) is 7.99. The highest BCUT2D eigenvalue weighted by Crippen LogP contribution is 2.24. The summed E-state index contributed by atoms with van der Waals surface area (Å²) in [5, 5.41) is 2.77. The summed E-state index contributed by atoms with van der Waals surface area (Å²) in [6.45, 7) is 4.03. The summed E-state index contributed by atoms with van der Waals surface area (Å²) >= 11 is 0. The Labute approximate surface area is 153 Å². The summed E-state index contributed by atoms with van der Waals surface area (Å²) in [7, 11) is -3.50. The van der Waals surface area contributed by atoms with Crippen LogP contribution >= 0.6 is 0 Å². The second-order valence-corrected chi connectivity index (χ2v) is 7.92. The zero-order chi connectivity index (χ0) is 18.6. The molecule has 0 bridgehead atoms. The lowest BCUT2D eigenvalue weighted by Gasteiger charge is -2.26. The Morgan fingerprint density at radius 1 is 1.08 bits per heavy atom. The largest absolute Gasteiger partial charge is 0.379 e. The van der Waals surface area contributed by atoms with E-state index in [1.807, 2.05) is 19.1 Å². The van der Waals surface area contributed by atoms with Gasteiger partial charge in [0.15, 0.2) is 0 Å². The van der Waals surface area contributed by atoms with Crippen molar-refractivity contribution in [3.8, 4) is 11.1 Å². The maximum absolute atomic E-state index is 12.7. The number of benzene rings is 2. The van der Waals surface area contributed by atoms with Crippen LogP contribution in [0, 0.1) is 0 Å². The van der Waals surface area contributed by atoms with Crippen LogP contribution in [0.3, 0.4) is 0 Å². The molecule has 0 saturated carbocycles. The minimum absolute atomic E-state index is 0.124. The molecule has 7 heteroatoms. The number of nitrogens with one attached hydrogen (secondary N) is 1. The van der Waals surface area contributed by atoms with Crippen LogP contribution in [0.2, 0.25) is 0 Å². The molecule has 1 aliphatic heterocycles. The number of morpholine rings is 1. The number of carbonyl (C=O) groups excluding carboxylic acids is 1. The number of nitrogens with zero attached hydrogens (tertiary/aromatic N) is 1.